The van der Waals surface area contributed by atoms with Gasteiger partial charge in [0, 0.05) is 38.1 Å². The molecule has 4 rings (SSSR count). The Balaban J connectivity index is 1.54. The van der Waals surface area contributed by atoms with Crippen molar-refractivity contribution in [3.8, 4) is 0 Å². The van der Waals surface area contributed by atoms with E-state index in [0.717, 1.165) is 13.1 Å². The van der Waals surface area contributed by atoms with Crippen LogP contribution < -0.4 is 4.90 Å². The van der Waals surface area contributed by atoms with Crippen molar-refractivity contribution in [1.29, 1.82) is 0 Å². The smallest absolute Gasteiger partial charge is 0.272 e. The van der Waals surface area contributed by atoms with Crippen molar-refractivity contribution in [3.05, 3.63) is 65.4 Å². The van der Waals surface area contributed by atoms with Crippen LogP contribution in [0.25, 0.3) is 5.65 Å². The van der Waals surface area contributed by atoms with Crippen LogP contribution in [0.4, 0.5) is 10.1 Å². The summed E-state index contributed by atoms with van der Waals surface area (Å²) in [7, 11) is 0. The van der Waals surface area contributed by atoms with Crippen LogP contribution in [-0.2, 0) is 0 Å². The van der Waals surface area contributed by atoms with Crippen molar-refractivity contribution >= 4 is 17.2 Å². The Kier molecular flexibility index (Phi) is 4.11. The van der Waals surface area contributed by atoms with Crippen molar-refractivity contribution in [2.75, 3.05) is 31.1 Å². The number of carbonyl (C=O) groups is 1. The van der Waals surface area contributed by atoms with Gasteiger partial charge < -0.3 is 9.80 Å². The number of anilines is 1. The lowest BCUT2D eigenvalue weighted by atomic mass is 10.2. The van der Waals surface area contributed by atoms with Crippen molar-refractivity contribution < 1.29 is 9.18 Å². The topological polar surface area (TPSA) is 40.8 Å². The molecule has 1 aliphatic rings. The molecule has 3 heterocycles. The van der Waals surface area contributed by atoms with E-state index in [-0.39, 0.29) is 11.7 Å². The number of piperazine rings is 1. The van der Waals surface area contributed by atoms with E-state index < -0.39 is 0 Å². The lowest BCUT2D eigenvalue weighted by molar-refractivity contribution is 0.0739. The summed E-state index contributed by atoms with van der Waals surface area (Å²) in [4.78, 5) is 21.5. The highest BCUT2D eigenvalue weighted by atomic mass is 19.1. The summed E-state index contributed by atoms with van der Waals surface area (Å²) in [5.74, 6) is -0.474. The lowest BCUT2D eigenvalue weighted by Crippen LogP contribution is -2.49. The molecule has 1 aliphatic heterocycles. The number of fused-ring (bicyclic) bond motifs is 1. The first-order valence-electron chi connectivity index (χ1n) is 8.78. The molecule has 0 unspecified atom stereocenters. The van der Waals surface area contributed by atoms with Gasteiger partial charge in [-0.15, -0.1) is 0 Å². The average Bonchev–Trinajstić information content (AvgIpc) is 2.96. The minimum Gasteiger partial charge on any atom is -0.368 e. The number of aryl methyl sites for hydroxylation is 2. The van der Waals surface area contributed by atoms with Crippen molar-refractivity contribution in [2.24, 2.45) is 0 Å². The van der Waals surface area contributed by atoms with E-state index in [4.69, 9.17) is 0 Å². The predicted molar refractivity (Wildman–Crippen MR) is 99.2 cm³/mol. The van der Waals surface area contributed by atoms with Gasteiger partial charge in [-0.25, -0.2) is 9.37 Å². The average molecular weight is 352 g/mol. The molecular formula is C20H21FN4O. The number of amides is 1. The monoisotopic (exact) mass is 352 g/mol. The van der Waals surface area contributed by atoms with Crippen LogP contribution in [0.5, 0.6) is 0 Å². The third-order valence-corrected chi connectivity index (χ3v) is 4.89. The zero-order valence-electron chi connectivity index (χ0n) is 14.9. The molecule has 6 heteroatoms. The maximum Gasteiger partial charge on any atom is 0.272 e. The van der Waals surface area contributed by atoms with E-state index in [1.807, 2.05) is 4.90 Å². The Morgan fingerprint density at radius 2 is 1.85 bits per heavy atom. The van der Waals surface area contributed by atoms with Crippen molar-refractivity contribution in [1.82, 2.24) is 14.3 Å². The Morgan fingerprint density at radius 1 is 1.08 bits per heavy atom. The number of imidazole rings is 1. The van der Waals surface area contributed by atoms with Crippen LogP contribution in [0.1, 0.15) is 21.7 Å². The SMILES string of the molecule is Cc1cccc(N2CCN(C(=O)c3c(C)nc4ccc(F)cn34)CC2)c1. The third kappa shape index (κ3) is 2.92. The summed E-state index contributed by atoms with van der Waals surface area (Å²) in [5.41, 5.74) is 4.07. The molecule has 0 radical (unpaired) electrons. The maximum atomic E-state index is 13.6. The second kappa shape index (κ2) is 6.44. The van der Waals surface area contributed by atoms with E-state index in [0.29, 0.717) is 30.1 Å². The first-order chi connectivity index (χ1) is 12.5. The molecule has 0 atom stereocenters. The van der Waals surface area contributed by atoms with Gasteiger partial charge in [0.1, 0.15) is 17.2 Å². The molecule has 1 saturated heterocycles. The molecule has 26 heavy (non-hydrogen) atoms. The molecule has 1 aromatic carbocycles. The standard InChI is InChI=1S/C20H21FN4O/c1-14-4-3-5-17(12-14)23-8-10-24(11-9-23)20(26)19-15(2)22-18-7-6-16(21)13-25(18)19/h3-7,12-13H,8-11H2,1-2H3. The number of halogens is 1. The minimum absolute atomic E-state index is 0.0931. The van der Waals surface area contributed by atoms with E-state index in [1.165, 1.54) is 23.5 Å². The third-order valence-electron chi connectivity index (χ3n) is 4.89. The molecule has 0 N–H and O–H groups in total. The van der Waals surface area contributed by atoms with Gasteiger partial charge in [0.2, 0.25) is 0 Å². The Labute approximate surface area is 151 Å². The highest BCUT2D eigenvalue weighted by Crippen LogP contribution is 2.20. The lowest BCUT2D eigenvalue weighted by Gasteiger charge is -2.36. The number of hydrogen-bond acceptors (Lipinski definition) is 3. The maximum absolute atomic E-state index is 13.6. The number of pyridine rings is 1. The molecule has 134 valence electrons. The second-order valence-corrected chi connectivity index (χ2v) is 6.74. The summed E-state index contributed by atoms with van der Waals surface area (Å²) >= 11 is 0. The van der Waals surface area contributed by atoms with Gasteiger partial charge in [0.25, 0.3) is 5.91 Å². The first kappa shape index (κ1) is 16.6. The van der Waals surface area contributed by atoms with Crippen LogP contribution in [0.15, 0.2) is 42.6 Å². The summed E-state index contributed by atoms with van der Waals surface area (Å²) < 4.78 is 15.2. The van der Waals surface area contributed by atoms with Crippen LogP contribution >= 0.6 is 0 Å². The fourth-order valence-electron chi connectivity index (χ4n) is 3.54. The molecule has 0 saturated carbocycles. The predicted octanol–water partition coefficient (Wildman–Crippen LogP) is 3.05. The van der Waals surface area contributed by atoms with E-state index in [1.54, 1.807) is 17.4 Å². The highest BCUT2D eigenvalue weighted by molar-refractivity contribution is 5.94. The Bertz CT molecular complexity index is 973. The van der Waals surface area contributed by atoms with Gasteiger partial charge in [0.05, 0.1) is 5.69 Å². The fourth-order valence-corrected chi connectivity index (χ4v) is 3.54. The van der Waals surface area contributed by atoms with Gasteiger partial charge in [-0.2, -0.15) is 0 Å². The van der Waals surface area contributed by atoms with Gasteiger partial charge in [-0.1, -0.05) is 12.1 Å². The summed E-state index contributed by atoms with van der Waals surface area (Å²) in [6, 6.07) is 11.3. The van der Waals surface area contributed by atoms with Crippen LogP contribution in [0.3, 0.4) is 0 Å². The molecule has 1 fully saturated rings. The van der Waals surface area contributed by atoms with Crippen LogP contribution in [-0.4, -0.2) is 46.4 Å². The highest BCUT2D eigenvalue weighted by Gasteiger charge is 2.26. The van der Waals surface area contributed by atoms with Crippen molar-refractivity contribution in [2.45, 2.75) is 13.8 Å². The van der Waals surface area contributed by atoms with Gasteiger partial charge in [-0.05, 0) is 43.7 Å². The number of nitrogens with zero attached hydrogens (tertiary/aromatic N) is 4. The molecular weight excluding hydrogens is 331 g/mol. The minimum atomic E-state index is -0.381. The van der Waals surface area contributed by atoms with Crippen LogP contribution in [0, 0.1) is 19.7 Å². The summed E-state index contributed by atoms with van der Waals surface area (Å²) in [6.45, 7) is 6.69. The fraction of sp³-hybridized carbons (Fsp3) is 0.300. The molecule has 5 nitrogen and oxygen atoms in total. The Hall–Kier alpha value is -2.89. The quantitative estimate of drug-likeness (QED) is 0.712. The number of carbonyl (C=O) groups excluding carboxylic acids is 1. The zero-order valence-corrected chi connectivity index (χ0v) is 14.9. The van der Waals surface area contributed by atoms with E-state index in [9.17, 15) is 9.18 Å². The Morgan fingerprint density at radius 3 is 2.58 bits per heavy atom. The molecule has 0 bridgehead atoms. The number of hydrogen-bond donors (Lipinski definition) is 0. The summed E-state index contributed by atoms with van der Waals surface area (Å²) in [6.07, 6.45) is 1.32. The van der Waals surface area contributed by atoms with Gasteiger partial charge in [0.15, 0.2) is 0 Å². The van der Waals surface area contributed by atoms with Crippen molar-refractivity contribution in [3.63, 3.8) is 0 Å². The zero-order chi connectivity index (χ0) is 18.3. The number of rotatable bonds is 2. The van der Waals surface area contributed by atoms with E-state index >= 15 is 0 Å². The summed E-state index contributed by atoms with van der Waals surface area (Å²) in [5, 5.41) is 0. The normalized spacial score (nSPS) is 14.9. The molecule has 2 aromatic heterocycles. The number of aromatic nitrogens is 2. The number of benzene rings is 1. The second-order valence-electron chi connectivity index (χ2n) is 6.74. The largest absolute Gasteiger partial charge is 0.368 e. The van der Waals surface area contributed by atoms with Gasteiger partial charge >= 0.3 is 0 Å². The van der Waals surface area contributed by atoms with Gasteiger partial charge in [-0.3, -0.25) is 9.20 Å². The molecule has 1 amide bonds. The molecule has 0 aliphatic carbocycles. The van der Waals surface area contributed by atoms with E-state index in [2.05, 4.69) is 41.1 Å². The molecule has 0 spiro atoms. The first-order valence-corrected chi connectivity index (χ1v) is 8.78. The van der Waals surface area contributed by atoms with Crippen LogP contribution in [0.2, 0.25) is 0 Å². The molecule has 3 aromatic rings.